The number of hydrogen-bond acceptors (Lipinski definition) is 0. The van der Waals surface area contributed by atoms with E-state index in [0.29, 0.717) is 21.7 Å². The molecule has 0 atom stereocenters. The minimum absolute atomic E-state index is 0.0344. The van der Waals surface area contributed by atoms with Crippen LogP contribution in [0, 0.1) is 18.6 Å². The third-order valence-corrected chi connectivity index (χ3v) is 6.69. The highest BCUT2D eigenvalue weighted by Crippen LogP contribution is 2.35. The topological polar surface area (TPSA) is 0 Å². The molecule has 0 spiro atoms. The molecule has 0 heterocycles. The lowest BCUT2D eigenvalue weighted by Crippen LogP contribution is -1.88. The van der Waals surface area contributed by atoms with Crippen LogP contribution in [-0.4, -0.2) is 0 Å². The maximum Gasteiger partial charge on any atom is 0.141 e. The summed E-state index contributed by atoms with van der Waals surface area (Å²) in [4.78, 5) is 0. The molecule has 0 N–H and O–H groups in total. The molecule has 5 aromatic carbocycles. The summed E-state index contributed by atoms with van der Waals surface area (Å²) in [5.41, 5.74) is 7.71. The van der Waals surface area contributed by atoms with Gasteiger partial charge in [-0.25, -0.2) is 8.78 Å². The lowest BCUT2D eigenvalue weighted by molar-refractivity contribution is 0.628. The maximum atomic E-state index is 15.1. The van der Waals surface area contributed by atoms with E-state index in [0.717, 1.165) is 27.8 Å². The van der Waals surface area contributed by atoms with Gasteiger partial charge in [0.1, 0.15) is 11.6 Å². The van der Waals surface area contributed by atoms with Gasteiger partial charge in [-0.15, -0.1) is 0 Å². The molecule has 0 radical (unpaired) electrons. The average Bonchev–Trinajstić information content (AvgIpc) is 2.86. The van der Waals surface area contributed by atoms with Crippen molar-refractivity contribution < 1.29 is 8.78 Å². The third kappa shape index (κ3) is 4.86. The smallest absolute Gasteiger partial charge is 0.141 e. The summed E-state index contributed by atoms with van der Waals surface area (Å²) >= 11 is 12.4. The Hall–Kier alpha value is -3.46. The van der Waals surface area contributed by atoms with Gasteiger partial charge in [-0.2, -0.15) is 0 Å². The SMILES string of the molecule is Cc1ccc(-c2ccc(-c3ccc(-c4ccc(-c5ccc(F)c(Cl)c5)c(Cl)c4)cc3F)cc2)cc1. The second-order valence-electron chi connectivity index (χ2n) is 8.46. The van der Waals surface area contributed by atoms with Gasteiger partial charge < -0.3 is 0 Å². The van der Waals surface area contributed by atoms with E-state index in [1.54, 1.807) is 18.2 Å². The van der Waals surface area contributed by atoms with Gasteiger partial charge in [0.05, 0.1) is 5.02 Å². The van der Waals surface area contributed by atoms with Gasteiger partial charge in [-0.05, 0) is 64.6 Å². The number of halogens is 4. The fourth-order valence-corrected chi connectivity index (χ4v) is 4.58. The summed E-state index contributed by atoms with van der Waals surface area (Å²) in [6.45, 7) is 2.06. The number of rotatable bonds is 4. The van der Waals surface area contributed by atoms with Crippen molar-refractivity contribution in [3.8, 4) is 44.5 Å². The first-order valence-corrected chi connectivity index (χ1v) is 11.9. The van der Waals surface area contributed by atoms with Gasteiger partial charge in [0, 0.05) is 16.1 Å². The quantitative estimate of drug-likeness (QED) is 0.230. The second kappa shape index (κ2) is 9.65. The highest BCUT2D eigenvalue weighted by atomic mass is 35.5. The van der Waals surface area contributed by atoms with Gasteiger partial charge >= 0.3 is 0 Å². The lowest BCUT2D eigenvalue weighted by atomic mass is 9.96. The molecule has 0 aliphatic heterocycles. The fraction of sp³-hybridized carbons (Fsp3) is 0.0323. The third-order valence-electron chi connectivity index (χ3n) is 6.08. The van der Waals surface area contributed by atoms with Gasteiger partial charge in [0.2, 0.25) is 0 Å². The van der Waals surface area contributed by atoms with Crippen molar-refractivity contribution in [3.05, 3.63) is 130 Å². The summed E-state index contributed by atoms with van der Waals surface area (Å²) in [6.07, 6.45) is 0. The van der Waals surface area contributed by atoms with Crippen LogP contribution in [0.1, 0.15) is 5.56 Å². The highest BCUT2D eigenvalue weighted by Gasteiger charge is 2.11. The molecular weight excluding hydrogens is 481 g/mol. The van der Waals surface area contributed by atoms with Crippen molar-refractivity contribution in [2.24, 2.45) is 0 Å². The van der Waals surface area contributed by atoms with Crippen LogP contribution >= 0.6 is 23.2 Å². The molecular formula is C31H20Cl2F2. The molecule has 0 aliphatic rings. The normalized spacial score (nSPS) is 11.0. The van der Waals surface area contributed by atoms with Gasteiger partial charge in [0.15, 0.2) is 0 Å². The first-order valence-electron chi connectivity index (χ1n) is 11.1. The molecule has 0 amide bonds. The van der Waals surface area contributed by atoms with Crippen molar-refractivity contribution in [2.75, 3.05) is 0 Å². The van der Waals surface area contributed by atoms with Crippen LogP contribution in [-0.2, 0) is 0 Å². The van der Waals surface area contributed by atoms with Crippen LogP contribution in [0.3, 0.4) is 0 Å². The summed E-state index contributed by atoms with van der Waals surface area (Å²) in [6, 6.07) is 31.3. The Kier molecular flexibility index (Phi) is 6.42. The molecule has 35 heavy (non-hydrogen) atoms. The van der Waals surface area contributed by atoms with Gasteiger partial charge in [-0.1, -0.05) is 108 Å². The summed E-state index contributed by atoms with van der Waals surface area (Å²) in [7, 11) is 0. The molecule has 0 fully saturated rings. The number of benzene rings is 5. The van der Waals surface area contributed by atoms with E-state index < -0.39 is 5.82 Å². The van der Waals surface area contributed by atoms with Crippen LogP contribution < -0.4 is 0 Å². The van der Waals surface area contributed by atoms with E-state index in [1.165, 1.54) is 23.8 Å². The Morgan fingerprint density at radius 2 is 0.914 bits per heavy atom. The predicted molar refractivity (Wildman–Crippen MR) is 143 cm³/mol. The Bertz CT molecular complexity index is 1520. The van der Waals surface area contributed by atoms with Crippen molar-refractivity contribution in [1.29, 1.82) is 0 Å². The molecule has 4 heteroatoms. The van der Waals surface area contributed by atoms with Gasteiger partial charge in [-0.3, -0.25) is 0 Å². The van der Waals surface area contributed by atoms with Crippen molar-refractivity contribution in [1.82, 2.24) is 0 Å². The van der Waals surface area contributed by atoms with Crippen molar-refractivity contribution in [3.63, 3.8) is 0 Å². The predicted octanol–water partition coefficient (Wildman–Crippen LogP) is 10.2. The van der Waals surface area contributed by atoms with E-state index in [-0.39, 0.29) is 10.8 Å². The van der Waals surface area contributed by atoms with E-state index >= 15 is 4.39 Å². The average molecular weight is 501 g/mol. The van der Waals surface area contributed by atoms with E-state index in [4.69, 9.17) is 23.2 Å². The zero-order chi connectivity index (χ0) is 24.5. The molecule has 0 saturated heterocycles. The van der Waals surface area contributed by atoms with Crippen molar-refractivity contribution >= 4 is 23.2 Å². The summed E-state index contributed by atoms with van der Waals surface area (Å²) < 4.78 is 28.6. The monoisotopic (exact) mass is 500 g/mol. The van der Waals surface area contributed by atoms with Crippen LogP contribution in [0.25, 0.3) is 44.5 Å². The Morgan fingerprint density at radius 3 is 1.51 bits per heavy atom. The van der Waals surface area contributed by atoms with Crippen LogP contribution in [0.15, 0.2) is 103 Å². The van der Waals surface area contributed by atoms with Crippen LogP contribution in [0.4, 0.5) is 8.78 Å². The minimum Gasteiger partial charge on any atom is -0.206 e. The van der Waals surface area contributed by atoms with E-state index in [2.05, 4.69) is 31.2 Å². The number of aryl methyl sites for hydroxylation is 1. The molecule has 5 rings (SSSR count). The highest BCUT2D eigenvalue weighted by molar-refractivity contribution is 6.34. The molecule has 0 unspecified atom stereocenters. The lowest BCUT2D eigenvalue weighted by Gasteiger charge is -2.11. The summed E-state index contributed by atoms with van der Waals surface area (Å²) in [5, 5.41) is 0.508. The minimum atomic E-state index is -0.483. The molecule has 0 aliphatic carbocycles. The molecule has 0 aromatic heterocycles. The van der Waals surface area contributed by atoms with Crippen LogP contribution in [0.5, 0.6) is 0 Å². The molecule has 0 bridgehead atoms. The zero-order valence-electron chi connectivity index (χ0n) is 18.8. The first kappa shape index (κ1) is 23.3. The summed E-state index contributed by atoms with van der Waals surface area (Å²) in [5.74, 6) is -0.792. The van der Waals surface area contributed by atoms with Gasteiger partial charge in [0.25, 0.3) is 0 Å². The Morgan fingerprint density at radius 1 is 0.429 bits per heavy atom. The molecule has 0 nitrogen and oxygen atoms in total. The Balaban J connectivity index is 1.41. The van der Waals surface area contributed by atoms with E-state index in [1.807, 2.05) is 42.5 Å². The first-order chi connectivity index (χ1) is 16.9. The fourth-order valence-electron chi connectivity index (χ4n) is 4.11. The zero-order valence-corrected chi connectivity index (χ0v) is 20.3. The molecule has 5 aromatic rings. The molecule has 172 valence electrons. The maximum absolute atomic E-state index is 15.1. The van der Waals surface area contributed by atoms with Crippen LogP contribution in [0.2, 0.25) is 10.0 Å². The molecule has 0 saturated carbocycles. The van der Waals surface area contributed by atoms with E-state index in [9.17, 15) is 4.39 Å². The largest absolute Gasteiger partial charge is 0.206 e. The standard InChI is InChI=1S/C31H20Cl2F2/c1-19-2-4-20(5-3-19)21-6-8-22(9-7-21)27-14-11-24(18-31(27)35)23-10-13-26(28(32)16-23)25-12-15-30(34)29(33)17-25/h2-18H,1H3. The Labute approximate surface area is 213 Å². The number of hydrogen-bond donors (Lipinski definition) is 0. The van der Waals surface area contributed by atoms with Crippen molar-refractivity contribution in [2.45, 2.75) is 6.92 Å². The second-order valence-corrected chi connectivity index (χ2v) is 9.28.